The van der Waals surface area contributed by atoms with Crippen molar-refractivity contribution in [3.63, 3.8) is 0 Å². The number of sulfonamides is 1. The van der Waals surface area contributed by atoms with Crippen LogP contribution in [0.25, 0.3) is 0 Å². The van der Waals surface area contributed by atoms with Crippen LogP contribution < -0.4 is 0 Å². The number of fused-ring (bicyclic) bond motifs is 1. The zero-order valence-electron chi connectivity index (χ0n) is 14.0. The molecule has 1 N–H and O–H groups in total. The molecule has 10 heteroatoms. The first kappa shape index (κ1) is 18.6. The number of thioether (sulfide) groups is 1. The lowest BCUT2D eigenvalue weighted by molar-refractivity contribution is 0.104. The van der Waals surface area contributed by atoms with E-state index < -0.39 is 10.0 Å². The molecule has 0 spiro atoms. The summed E-state index contributed by atoms with van der Waals surface area (Å²) in [5, 5.41) is 7.26. The summed E-state index contributed by atoms with van der Waals surface area (Å²) in [5.41, 5.74) is 0.987. The quantitative estimate of drug-likeness (QED) is 0.679. The summed E-state index contributed by atoms with van der Waals surface area (Å²) in [5.74, 6) is -0.242. The number of halogens is 1. The van der Waals surface area contributed by atoms with Gasteiger partial charge in [-0.3, -0.25) is 9.89 Å². The predicted molar refractivity (Wildman–Crippen MR) is 106 cm³/mol. The van der Waals surface area contributed by atoms with Crippen molar-refractivity contribution in [3.05, 3.63) is 82.0 Å². The summed E-state index contributed by atoms with van der Waals surface area (Å²) < 4.78 is 29.5. The van der Waals surface area contributed by atoms with Gasteiger partial charge in [0.1, 0.15) is 6.33 Å². The van der Waals surface area contributed by atoms with Crippen LogP contribution in [-0.4, -0.2) is 35.1 Å². The molecule has 3 aromatic rings. The Bertz CT molecular complexity index is 1220. The SMILES string of the molecule is O=C1C(Sc2nc[nH]n2)=CC(=NS(=O)(=O)c2ccc(Cl)cc2)c2ccccc21. The average Bonchev–Trinajstić information content (AvgIpc) is 3.19. The molecule has 0 atom stereocenters. The number of aromatic amines is 1. The summed E-state index contributed by atoms with van der Waals surface area (Å²) in [7, 11) is -4.00. The molecule has 7 nitrogen and oxygen atoms in total. The van der Waals surface area contributed by atoms with Crippen LogP contribution in [0.3, 0.4) is 0 Å². The highest BCUT2D eigenvalue weighted by Crippen LogP contribution is 2.32. The fourth-order valence-electron chi connectivity index (χ4n) is 2.59. The van der Waals surface area contributed by atoms with Crippen LogP contribution in [0.4, 0.5) is 0 Å². The molecule has 0 fully saturated rings. The fraction of sp³-hybridized carbons (Fsp3) is 0. The Morgan fingerprint density at radius 3 is 2.43 bits per heavy atom. The van der Waals surface area contributed by atoms with Crippen LogP contribution >= 0.6 is 23.4 Å². The van der Waals surface area contributed by atoms with E-state index in [1.807, 2.05) is 0 Å². The first-order chi connectivity index (χ1) is 13.4. The molecule has 1 heterocycles. The van der Waals surface area contributed by atoms with E-state index in [4.69, 9.17) is 11.6 Å². The molecule has 28 heavy (non-hydrogen) atoms. The molecule has 0 bridgehead atoms. The Morgan fingerprint density at radius 1 is 1.04 bits per heavy atom. The number of ketones is 1. The normalized spacial score (nSPS) is 15.4. The largest absolute Gasteiger partial charge is 0.288 e. The topological polar surface area (TPSA) is 105 Å². The highest BCUT2D eigenvalue weighted by atomic mass is 35.5. The molecule has 0 radical (unpaired) electrons. The molecule has 0 unspecified atom stereocenters. The van der Waals surface area contributed by atoms with Gasteiger partial charge in [0.25, 0.3) is 10.0 Å². The zero-order chi connectivity index (χ0) is 19.7. The minimum Gasteiger partial charge on any atom is -0.288 e. The predicted octanol–water partition coefficient (Wildman–Crippen LogP) is 3.51. The second-order valence-electron chi connectivity index (χ2n) is 5.67. The molecule has 0 amide bonds. The monoisotopic (exact) mass is 430 g/mol. The summed E-state index contributed by atoms with van der Waals surface area (Å²) in [6, 6.07) is 12.5. The number of benzene rings is 2. The molecule has 0 saturated carbocycles. The summed E-state index contributed by atoms with van der Waals surface area (Å²) >= 11 is 6.86. The summed E-state index contributed by atoms with van der Waals surface area (Å²) in [6.45, 7) is 0. The van der Waals surface area contributed by atoms with E-state index in [-0.39, 0.29) is 21.3 Å². The molecular weight excluding hydrogens is 420 g/mol. The van der Waals surface area contributed by atoms with E-state index in [2.05, 4.69) is 19.6 Å². The smallest absolute Gasteiger partial charge is 0.282 e. The molecular formula is C18H11ClN4O3S2. The van der Waals surface area contributed by atoms with Crippen molar-refractivity contribution in [1.82, 2.24) is 15.2 Å². The van der Waals surface area contributed by atoms with E-state index in [1.54, 1.807) is 24.3 Å². The van der Waals surface area contributed by atoms with Gasteiger partial charge in [0.15, 0.2) is 0 Å². The van der Waals surface area contributed by atoms with Gasteiger partial charge in [-0.15, -0.1) is 5.10 Å². The van der Waals surface area contributed by atoms with Crippen molar-refractivity contribution >= 4 is 44.9 Å². The third kappa shape index (κ3) is 3.64. The second kappa shape index (κ2) is 7.34. The number of aromatic nitrogens is 3. The number of nitrogens with zero attached hydrogens (tertiary/aromatic N) is 3. The number of hydrogen-bond acceptors (Lipinski definition) is 6. The van der Waals surface area contributed by atoms with E-state index >= 15 is 0 Å². The first-order valence-corrected chi connectivity index (χ1v) is 10.6. The molecule has 0 saturated heterocycles. The number of rotatable bonds is 4. The van der Waals surface area contributed by atoms with Gasteiger partial charge in [-0.25, -0.2) is 4.98 Å². The Morgan fingerprint density at radius 2 is 1.75 bits per heavy atom. The number of allylic oxidation sites excluding steroid dienone is 2. The van der Waals surface area contributed by atoms with Crippen LogP contribution in [0.5, 0.6) is 0 Å². The maximum atomic E-state index is 12.8. The lowest BCUT2D eigenvalue weighted by Crippen LogP contribution is -2.17. The summed E-state index contributed by atoms with van der Waals surface area (Å²) in [6.07, 6.45) is 2.84. The molecule has 2 aromatic carbocycles. The van der Waals surface area contributed by atoms with Gasteiger partial charge in [0.2, 0.25) is 10.9 Å². The van der Waals surface area contributed by atoms with Crippen molar-refractivity contribution in [2.24, 2.45) is 4.40 Å². The Labute approximate surface area is 169 Å². The molecule has 1 aliphatic carbocycles. The molecule has 1 aliphatic rings. The van der Waals surface area contributed by atoms with Crippen LogP contribution in [0, 0.1) is 0 Å². The molecule has 1 aromatic heterocycles. The van der Waals surface area contributed by atoms with Gasteiger partial charge < -0.3 is 0 Å². The first-order valence-electron chi connectivity index (χ1n) is 7.94. The van der Waals surface area contributed by atoms with Gasteiger partial charge in [-0.1, -0.05) is 35.9 Å². The van der Waals surface area contributed by atoms with Crippen molar-refractivity contribution in [1.29, 1.82) is 0 Å². The van der Waals surface area contributed by atoms with Crippen LogP contribution in [-0.2, 0) is 10.0 Å². The van der Waals surface area contributed by atoms with Gasteiger partial charge in [0, 0.05) is 16.1 Å². The van der Waals surface area contributed by atoms with Crippen molar-refractivity contribution in [2.45, 2.75) is 10.1 Å². The average molecular weight is 431 g/mol. The van der Waals surface area contributed by atoms with Crippen molar-refractivity contribution in [2.75, 3.05) is 0 Å². The minimum absolute atomic E-state index is 0.00959. The third-order valence-corrected chi connectivity index (χ3v) is 6.32. The minimum atomic E-state index is -4.00. The molecule has 4 rings (SSSR count). The van der Waals surface area contributed by atoms with E-state index in [0.717, 1.165) is 11.8 Å². The standard InChI is InChI=1S/C18H11ClN4O3S2/c19-11-5-7-12(8-6-11)28(25,26)23-15-9-16(27-18-20-10-21-22-18)17(24)14-4-2-1-3-13(14)15/h1-10H,(H,20,21,22). The van der Waals surface area contributed by atoms with Crippen molar-refractivity contribution < 1.29 is 13.2 Å². The zero-order valence-corrected chi connectivity index (χ0v) is 16.4. The number of hydrogen-bond donors (Lipinski definition) is 1. The Kier molecular flexibility index (Phi) is 4.88. The van der Waals surface area contributed by atoms with Crippen LogP contribution in [0.1, 0.15) is 15.9 Å². The fourth-order valence-corrected chi connectivity index (χ4v) is 4.48. The van der Waals surface area contributed by atoms with Gasteiger partial charge in [-0.2, -0.15) is 12.8 Å². The van der Waals surface area contributed by atoms with Gasteiger partial charge >= 0.3 is 0 Å². The maximum Gasteiger partial charge on any atom is 0.282 e. The number of Topliss-reactive ketones (excluding diaryl/α,β-unsaturated/α-hetero) is 1. The van der Waals surface area contributed by atoms with Crippen LogP contribution in [0.15, 0.2) is 80.3 Å². The van der Waals surface area contributed by atoms with Crippen molar-refractivity contribution in [3.8, 4) is 0 Å². The van der Waals surface area contributed by atoms with E-state index in [9.17, 15) is 13.2 Å². The second-order valence-corrected chi connectivity index (χ2v) is 8.72. The Balaban J connectivity index is 1.82. The highest BCUT2D eigenvalue weighted by Gasteiger charge is 2.27. The number of nitrogens with one attached hydrogen (secondary N) is 1. The number of H-pyrrole nitrogens is 1. The third-order valence-electron chi connectivity index (χ3n) is 3.86. The molecule has 0 aliphatic heterocycles. The van der Waals surface area contributed by atoms with Crippen LogP contribution in [0.2, 0.25) is 5.02 Å². The number of carbonyl (C=O) groups is 1. The maximum absolute atomic E-state index is 12.8. The lowest BCUT2D eigenvalue weighted by atomic mass is 9.94. The van der Waals surface area contributed by atoms with E-state index in [0.29, 0.717) is 21.3 Å². The van der Waals surface area contributed by atoms with Gasteiger partial charge in [0.05, 0.1) is 15.5 Å². The van der Waals surface area contributed by atoms with Gasteiger partial charge in [-0.05, 0) is 42.1 Å². The van der Waals surface area contributed by atoms with E-state index in [1.165, 1.54) is 36.7 Å². The lowest BCUT2D eigenvalue weighted by Gasteiger charge is -2.16. The highest BCUT2D eigenvalue weighted by molar-refractivity contribution is 8.04. The molecule has 140 valence electrons. The number of carbonyl (C=O) groups excluding carboxylic acids is 1. The Hall–Kier alpha value is -2.75. The summed E-state index contributed by atoms with van der Waals surface area (Å²) in [4.78, 5) is 17.1.